The summed E-state index contributed by atoms with van der Waals surface area (Å²) in [7, 11) is 4.03. The quantitative estimate of drug-likeness (QED) is 0.539. The molecule has 17 heavy (non-hydrogen) atoms. The molecule has 1 aliphatic heterocycles. The minimum Gasteiger partial charge on any atom is -0.356 e. The van der Waals surface area contributed by atoms with E-state index in [1.54, 1.807) is 0 Å². The highest BCUT2D eigenvalue weighted by molar-refractivity contribution is 8.77. The highest BCUT2D eigenvalue weighted by atomic mass is 33.1. The van der Waals surface area contributed by atoms with Crippen molar-refractivity contribution in [2.24, 2.45) is 5.92 Å². The molecule has 0 radical (unpaired) electrons. The van der Waals surface area contributed by atoms with Crippen LogP contribution in [0.3, 0.4) is 0 Å². The van der Waals surface area contributed by atoms with Crippen molar-refractivity contribution in [2.75, 3.05) is 12.3 Å². The van der Waals surface area contributed by atoms with Gasteiger partial charge in [0.2, 0.25) is 5.91 Å². The number of amides is 1. The molecule has 100 valence electrons. The molecule has 1 saturated heterocycles. The normalized spacial score (nSPS) is 19.8. The Bertz CT molecular complexity index is 215. The summed E-state index contributed by atoms with van der Waals surface area (Å²) in [6, 6.07) is 0. The van der Waals surface area contributed by atoms with E-state index in [4.69, 9.17) is 0 Å². The first-order chi connectivity index (χ1) is 8.18. The summed E-state index contributed by atoms with van der Waals surface area (Å²) < 4.78 is 0. The Balaban J connectivity index is 1.89. The molecule has 0 bridgehead atoms. The first kappa shape index (κ1) is 15.2. The average Bonchev–Trinajstić information content (AvgIpc) is 2.76. The van der Waals surface area contributed by atoms with E-state index < -0.39 is 0 Å². The second-order valence-electron chi connectivity index (χ2n) is 5.11. The molecule has 0 aromatic heterocycles. The standard InChI is InChI=1S/C13H25NOS2/c1-11(2)7-9-14-13(15)6-4-3-5-12-8-10-16-17-12/h11-12H,3-10H2,1-2H3,(H,14,15)/t12-/m1/s1. The smallest absolute Gasteiger partial charge is 0.219 e. The third-order valence-corrected chi connectivity index (χ3v) is 5.96. The van der Waals surface area contributed by atoms with Crippen LogP contribution in [-0.4, -0.2) is 23.5 Å². The van der Waals surface area contributed by atoms with Crippen LogP contribution in [-0.2, 0) is 4.79 Å². The molecule has 0 aromatic carbocycles. The molecule has 1 N–H and O–H groups in total. The molecule has 1 rings (SSSR count). The molecule has 0 saturated carbocycles. The van der Waals surface area contributed by atoms with Gasteiger partial charge in [0.05, 0.1) is 0 Å². The van der Waals surface area contributed by atoms with Crippen LogP contribution in [0.5, 0.6) is 0 Å². The van der Waals surface area contributed by atoms with Gasteiger partial charge in [0.25, 0.3) is 0 Å². The van der Waals surface area contributed by atoms with Crippen molar-refractivity contribution in [3.8, 4) is 0 Å². The Morgan fingerprint density at radius 1 is 1.41 bits per heavy atom. The number of hydrogen-bond acceptors (Lipinski definition) is 3. The zero-order valence-electron chi connectivity index (χ0n) is 11.0. The van der Waals surface area contributed by atoms with Gasteiger partial charge in [0.15, 0.2) is 0 Å². The highest BCUT2D eigenvalue weighted by Gasteiger charge is 2.15. The van der Waals surface area contributed by atoms with Gasteiger partial charge in [-0.3, -0.25) is 4.79 Å². The van der Waals surface area contributed by atoms with E-state index in [1.165, 1.54) is 25.0 Å². The molecular formula is C13H25NOS2. The first-order valence-corrected chi connectivity index (χ1v) is 9.11. The van der Waals surface area contributed by atoms with E-state index >= 15 is 0 Å². The number of carbonyl (C=O) groups excluding carboxylic acids is 1. The Morgan fingerprint density at radius 2 is 2.24 bits per heavy atom. The topological polar surface area (TPSA) is 29.1 Å². The summed E-state index contributed by atoms with van der Waals surface area (Å²) in [5.41, 5.74) is 0. The number of unbranched alkanes of at least 4 members (excludes halogenated alkanes) is 1. The van der Waals surface area contributed by atoms with Gasteiger partial charge in [-0.15, -0.1) is 0 Å². The van der Waals surface area contributed by atoms with E-state index in [9.17, 15) is 4.79 Å². The van der Waals surface area contributed by atoms with Crippen LogP contribution < -0.4 is 5.32 Å². The fraction of sp³-hybridized carbons (Fsp3) is 0.923. The minimum atomic E-state index is 0.235. The van der Waals surface area contributed by atoms with Gasteiger partial charge < -0.3 is 5.32 Å². The molecule has 1 amide bonds. The number of carbonyl (C=O) groups is 1. The maximum Gasteiger partial charge on any atom is 0.219 e. The average molecular weight is 275 g/mol. The highest BCUT2D eigenvalue weighted by Crippen LogP contribution is 2.39. The minimum absolute atomic E-state index is 0.235. The van der Waals surface area contributed by atoms with Gasteiger partial charge in [0.1, 0.15) is 0 Å². The number of rotatable bonds is 8. The van der Waals surface area contributed by atoms with Crippen molar-refractivity contribution in [2.45, 2.75) is 57.6 Å². The van der Waals surface area contributed by atoms with E-state index in [0.717, 1.165) is 24.6 Å². The fourth-order valence-electron chi connectivity index (χ4n) is 1.81. The Kier molecular flexibility index (Phi) is 8.19. The zero-order chi connectivity index (χ0) is 12.5. The third-order valence-electron chi connectivity index (χ3n) is 2.95. The number of hydrogen-bond donors (Lipinski definition) is 1. The van der Waals surface area contributed by atoms with Gasteiger partial charge >= 0.3 is 0 Å². The summed E-state index contributed by atoms with van der Waals surface area (Å²) in [6.45, 7) is 5.21. The van der Waals surface area contributed by atoms with Crippen LogP contribution in [0.15, 0.2) is 0 Å². The SMILES string of the molecule is CC(C)CCNC(=O)CCCC[C@@H]1CCSS1. The van der Waals surface area contributed by atoms with Crippen molar-refractivity contribution in [3.05, 3.63) is 0 Å². The molecular weight excluding hydrogens is 250 g/mol. The molecule has 1 atom stereocenters. The maximum atomic E-state index is 11.5. The summed E-state index contributed by atoms with van der Waals surface area (Å²) in [5.74, 6) is 2.22. The maximum absolute atomic E-state index is 11.5. The van der Waals surface area contributed by atoms with E-state index in [-0.39, 0.29) is 5.91 Å². The fourth-order valence-corrected chi connectivity index (χ4v) is 4.84. The van der Waals surface area contributed by atoms with Crippen molar-refractivity contribution >= 4 is 27.5 Å². The van der Waals surface area contributed by atoms with Gasteiger partial charge in [-0.25, -0.2) is 0 Å². The molecule has 4 heteroatoms. The van der Waals surface area contributed by atoms with Crippen LogP contribution in [0.25, 0.3) is 0 Å². The first-order valence-electron chi connectivity index (χ1n) is 6.73. The lowest BCUT2D eigenvalue weighted by Gasteiger charge is -2.08. The van der Waals surface area contributed by atoms with Crippen LogP contribution in [0, 0.1) is 5.92 Å². The van der Waals surface area contributed by atoms with Crippen molar-refractivity contribution in [1.82, 2.24) is 5.32 Å². The Morgan fingerprint density at radius 3 is 2.88 bits per heavy atom. The Labute approximate surface area is 113 Å². The molecule has 0 unspecified atom stereocenters. The lowest BCUT2D eigenvalue weighted by molar-refractivity contribution is -0.121. The molecule has 1 heterocycles. The molecule has 0 spiro atoms. The molecule has 1 fully saturated rings. The second-order valence-corrected chi connectivity index (χ2v) is 7.89. The third kappa shape index (κ3) is 7.98. The summed E-state index contributed by atoms with van der Waals surface area (Å²) in [5, 5.41) is 3.85. The van der Waals surface area contributed by atoms with Crippen LogP contribution in [0.2, 0.25) is 0 Å². The van der Waals surface area contributed by atoms with Crippen molar-refractivity contribution in [3.63, 3.8) is 0 Å². The molecule has 2 nitrogen and oxygen atoms in total. The monoisotopic (exact) mass is 275 g/mol. The van der Waals surface area contributed by atoms with Gasteiger partial charge in [-0.05, 0) is 31.6 Å². The second kappa shape index (κ2) is 9.15. The predicted octanol–water partition coefficient (Wildman–Crippen LogP) is 3.86. The van der Waals surface area contributed by atoms with Gasteiger partial charge in [-0.1, -0.05) is 41.9 Å². The van der Waals surface area contributed by atoms with E-state index in [2.05, 4.69) is 19.2 Å². The van der Waals surface area contributed by atoms with Crippen molar-refractivity contribution < 1.29 is 4.79 Å². The largest absolute Gasteiger partial charge is 0.356 e. The predicted molar refractivity (Wildman–Crippen MR) is 79.4 cm³/mol. The van der Waals surface area contributed by atoms with Crippen molar-refractivity contribution in [1.29, 1.82) is 0 Å². The lowest BCUT2D eigenvalue weighted by atomic mass is 10.1. The van der Waals surface area contributed by atoms with Crippen LogP contribution >= 0.6 is 21.6 Å². The molecule has 1 aliphatic rings. The van der Waals surface area contributed by atoms with E-state index in [0.29, 0.717) is 12.3 Å². The van der Waals surface area contributed by atoms with Crippen LogP contribution in [0.4, 0.5) is 0 Å². The summed E-state index contributed by atoms with van der Waals surface area (Å²) in [4.78, 5) is 11.5. The summed E-state index contributed by atoms with van der Waals surface area (Å²) >= 11 is 0. The zero-order valence-corrected chi connectivity index (χ0v) is 12.7. The number of nitrogens with one attached hydrogen (secondary N) is 1. The van der Waals surface area contributed by atoms with Gasteiger partial charge in [0, 0.05) is 24.0 Å². The lowest BCUT2D eigenvalue weighted by Crippen LogP contribution is -2.24. The Hall–Kier alpha value is 0.170. The van der Waals surface area contributed by atoms with E-state index in [1.807, 2.05) is 21.6 Å². The summed E-state index contributed by atoms with van der Waals surface area (Å²) in [6.07, 6.45) is 6.70. The molecule has 0 aliphatic carbocycles. The van der Waals surface area contributed by atoms with Crippen LogP contribution in [0.1, 0.15) is 52.4 Å². The molecule has 0 aromatic rings. The van der Waals surface area contributed by atoms with Gasteiger partial charge in [-0.2, -0.15) is 0 Å².